The second kappa shape index (κ2) is 4.37. The van der Waals surface area contributed by atoms with Crippen LogP contribution in [0.1, 0.15) is 13.8 Å². The van der Waals surface area contributed by atoms with Crippen molar-refractivity contribution < 1.29 is 26.3 Å². The zero-order valence-electron chi connectivity index (χ0n) is 7.63. The van der Waals surface area contributed by atoms with E-state index in [0.717, 1.165) is 6.92 Å². The molecule has 1 unspecified atom stereocenters. The number of nitrogens with one attached hydrogen (secondary N) is 1. The van der Waals surface area contributed by atoms with Crippen LogP contribution in [-0.2, 0) is 0 Å². The maximum atomic E-state index is 12.7. The average Bonchev–Trinajstić information content (AvgIpc) is 2.04. The van der Waals surface area contributed by atoms with Gasteiger partial charge in [0.15, 0.2) is 0 Å². The molecule has 0 spiro atoms. The topological polar surface area (TPSA) is 12.0 Å². The highest BCUT2D eigenvalue weighted by Gasteiger charge is 2.65. The molecule has 0 fully saturated rings. The van der Waals surface area contributed by atoms with Crippen LogP contribution in [0.3, 0.4) is 0 Å². The fourth-order valence-electron chi connectivity index (χ4n) is 0.869. The molecule has 0 aliphatic heterocycles. The second-order valence-corrected chi connectivity index (χ2v) is 2.83. The zero-order chi connectivity index (χ0) is 11.6. The molecule has 86 valence electrons. The third-order valence-corrected chi connectivity index (χ3v) is 1.77. The molecule has 0 bridgehead atoms. The standard InChI is InChI=1S/C7H11F6N/c1-3-14-4(2)6(10,11)7(12,13)5(8)9/h4-5,14H,3H2,1-2H3. The van der Waals surface area contributed by atoms with E-state index < -0.39 is 24.3 Å². The Hall–Kier alpha value is -0.460. The molecule has 0 radical (unpaired) electrons. The van der Waals surface area contributed by atoms with Gasteiger partial charge in [-0.25, -0.2) is 8.78 Å². The third-order valence-electron chi connectivity index (χ3n) is 1.77. The molecular formula is C7H11F6N. The number of alkyl halides is 6. The van der Waals surface area contributed by atoms with Crippen molar-refractivity contribution in [3.05, 3.63) is 0 Å². The molecule has 0 heterocycles. The van der Waals surface area contributed by atoms with Gasteiger partial charge in [0, 0.05) is 0 Å². The first kappa shape index (κ1) is 13.5. The fraction of sp³-hybridized carbons (Fsp3) is 1.00. The van der Waals surface area contributed by atoms with Crippen LogP contribution >= 0.6 is 0 Å². The van der Waals surface area contributed by atoms with Gasteiger partial charge < -0.3 is 5.32 Å². The van der Waals surface area contributed by atoms with Crippen molar-refractivity contribution in [1.82, 2.24) is 5.32 Å². The van der Waals surface area contributed by atoms with Gasteiger partial charge >= 0.3 is 18.3 Å². The molecule has 1 nitrogen and oxygen atoms in total. The van der Waals surface area contributed by atoms with Crippen LogP contribution in [0.15, 0.2) is 0 Å². The van der Waals surface area contributed by atoms with E-state index in [2.05, 4.69) is 0 Å². The molecule has 0 saturated heterocycles. The van der Waals surface area contributed by atoms with Crippen LogP contribution in [0.2, 0.25) is 0 Å². The van der Waals surface area contributed by atoms with Crippen LogP contribution in [0.5, 0.6) is 0 Å². The van der Waals surface area contributed by atoms with Crippen LogP contribution in [0.25, 0.3) is 0 Å². The highest BCUT2D eigenvalue weighted by Crippen LogP contribution is 2.41. The Labute approximate surface area is 77.5 Å². The van der Waals surface area contributed by atoms with E-state index in [1.165, 1.54) is 6.92 Å². The lowest BCUT2D eigenvalue weighted by Crippen LogP contribution is -2.57. The monoisotopic (exact) mass is 223 g/mol. The van der Waals surface area contributed by atoms with E-state index in [-0.39, 0.29) is 6.54 Å². The predicted molar refractivity (Wildman–Crippen MR) is 39.0 cm³/mol. The van der Waals surface area contributed by atoms with E-state index in [1.54, 1.807) is 0 Å². The first-order chi connectivity index (χ1) is 6.17. The summed E-state index contributed by atoms with van der Waals surface area (Å²) in [6, 6.07) is -2.00. The highest BCUT2D eigenvalue weighted by atomic mass is 19.3. The normalized spacial score (nSPS) is 16.1. The molecule has 0 aromatic carbocycles. The van der Waals surface area contributed by atoms with Gasteiger partial charge in [0.25, 0.3) is 0 Å². The summed E-state index contributed by atoms with van der Waals surface area (Å²) in [5.41, 5.74) is 0. The fourth-order valence-corrected chi connectivity index (χ4v) is 0.869. The molecule has 1 atom stereocenters. The number of hydrogen-bond donors (Lipinski definition) is 1. The van der Waals surface area contributed by atoms with Crippen LogP contribution in [0.4, 0.5) is 26.3 Å². The van der Waals surface area contributed by atoms with Crippen LogP contribution < -0.4 is 5.32 Å². The molecule has 0 amide bonds. The van der Waals surface area contributed by atoms with Crippen molar-refractivity contribution in [2.24, 2.45) is 0 Å². The Kier molecular flexibility index (Phi) is 4.23. The molecule has 0 rings (SSSR count). The van der Waals surface area contributed by atoms with Crippen molar-refractivity contribution in [3.8, 4) is 0 Å². The molecule has 7 heteroatoms. The predicted octanol–water partition coefficient (Wildman–Crippen LogP) is 2.52. The SMILES string of the molecule is CCNC(C)C(F)(F)C(F)(F)C(F)F. The zero-order valence-corrected chi connectivity index (χ0v) is 7.63. The quantitative estimate of drug-likeness (QED) is 0.706. The summed E-state index contributed by atoms with van der Waals surface area (Å²) in [6.07, 6.45) is -4.38. The van der Waals surface area contributed by atoms with Gasteiger partial charge in [0.1, 0.15) is 0 Å². The van der Waals surface area contributed by atoms with Gasteiger partial charge in [-0.3, -0.25) is 0 Å². The van der Waals surface area contributed by atoms with Crippen molar-refractivity contribution in [2.45, 2.75) is 38.2 Å². The van der Waals surface area contributed by atoms with Gasteiger partial charge in [-0.2, -0.15) is 17.6 Å². The van der Waals surface area contributed by atoms with Crippen molar-refractivity contribution in [2.75, 3.05) is 6.54 Å². The minimum absolute atomic E-state index is 0.00389. The van der Waals surface area contributed by atoms with E-state index in [9.17, 15) is 26.3 Å². The van der Waals surface area contributed by atoms with Gasteiger partial charge in [-0.05, 0) is 13.5 Å². The maximum absolute atomic E-state index is 12.7. The van der Waals surface area contributed by atoms with Gasteiger partial charge in [-0.15, -0.1) is 0 Å². The Morgan fingerprint density at radius 3 is 1.79 bits per heavy atom. The Bertz CT molecular complexity index is 181. The lowest BCUT2D eigenvalue weighted by atomic mass is 10.1. The Balaban J connectivity index is 4.74. The lowest BCUT2D eigenvalue weighted by Gasteiger charge is -2.30. The Morgan fingerprint density at radius 1 is 1.07 bits per heavy atom. The molecule has 0 saturated carbocycles. The number of hydrogen-bond acceptors (Lipinski definition) is 1. The molecule has 0 aliphatic rings. The third kappa shape index (κ3) is 2.31. The van der Waals surface area contributed by atoms with Crippen LogP contribution in [0, 0.1) is 0 Å². The largest absolute Gasteiger partial charge is 0.370 e. The maximum Gasteiger partial charge on any atom is 0.370 e. The molecule has 14 heavy (non-hydrogen) atoms. The summed E-state index contributed by atoms with van der Waals surface area (Å²) in [5.74, 6) is -10.1. The van der Waals surface area contributed by atoms with Crippen molar-refractivity contribution >= 4 is 0 Å². The molecule has 0 aliphatic carbocycles. The van der Waals surface area contributed by atoms with Crippen molar-refractivity contribution in [1.29, 1.82) is 0 Å². The summed E-state index contributed by atoms with van der Waals surface area (Å²) in [4.78, 5) is 0. The summed E-state index contributed by atoms with van der Waals surface area (Å²) >= 11 is 0. The van der Waals surface area contributed by atoms with E-state index in [0.29, 0.717) is 0 Å². The summed E-state index contributed by atoms with van der Waals surface area (Å²) in [7, 11) is 0. The molecule has 1 N–H and O–H groups in total. The van der Waals surface area contributed by atoms with Crippen LogP contribution in [-0.4, -0.2) is 30.9 Å². The highest BCUT2D eigenvalue weighted by molar-refractivity contribution is 4.94. The minimum Gasteiger partial charge on any atom is -0.309 e. The summed E-state index contributed by atoms with van der Waals surface area (Å²) in [5, 5.41) is 1.98. The van der Waals surface area contributed by atoms with E-state index in [1.807, 2.05) is 5.32 Å². The smallest absolute Gasteiger partial charge is 0.309 e. The van der Waals surface area contributed by atoms with Crippen molar-refractivity contribution in [3.63, 3.8) is 0 Å². The lowest BCUT2D eigenvalue weighted by molar-refractivity contribution is -0.272. The number of halogens is 6. The van der Waals surface area contributed by atoms with Gasteiger partial charge in [0.05, 0.1) is 6.04 Å². The summed E-state index contributed by atoms with van der Waals surface area (Å²) in [6.45, 7) is 2.14. The number of rotatable bonds is 5. The first-order valence-electron chi connectivity index (χ1n) is 3.95. The minimum atomic E-state index is -5.31. The van der Waals surface area contributed by atoms with E-state index >= 15 is 0 Å². The Morgan fingerprint density at radius 2 is 1.50 bits per heavy atom. The average molecular weight is 223 g/mol. The van der Waals surface area contributed by atoms with Gasteiger partial charge in [0.2, 0.25) is 0 Å². The summed E-state index contributed by atoms with van der Waals surface area (Å²) < 4.78 is 73.5. The molecule has 0 aromatic rings. The van der Waals surface area contributed by atoms with Gasteiger partial charge in [-0.1, -0.05) is 6.92 Å². The second-order valence-electron chi connectivity index (χ2n) is 2.83. The van der Waals surface area contributed by atoms with E-state index in [4.69, 9.17) is 0 Å². The molecule has 0 aromatic heterocycles. The molecular weight excluding hydrogens is 212 g/mol. The first-order valence-corrected chi connectivity index (χ1v) is 3.95.